The number of benzene rings is 2. The molecule has 0 radical (unpaired) electrons. The Bertz CT molecular complexity index is 1580. The van der Waals surface area contributed by atoms with Crippen molar-refractivity contribution in [3.63, 3.8) is 0 Å². The van der Waals surface area contributed by atoms with E-state index in [1.807, 2.05) is 24.3 Å². The van der Waals surface area contributed by atoms with E-state index >= 15 is 0 Å². The molecule has 268 valence electrons. The standard InChI is InChI=1S/C44H56O6/c1-31-13-9-15-33(3)29-47-41-26-36-20-24-44(6,50-38(36)28-40(41)46-8)22-12-18-32(2)14-10-16-34(4)30-48-42-25-35-19-23-43(5,21-11-17-31)49-37(35)27-39(42)45-7/h15-20,23-28H,9-14,21-22,29-30H2,1-8H3/b31-17+,32-18+,33-15+,34-16+. The predicted molar refractivity (Wildman–Crippen MR) is 205 cm³/mol. The van der Waals surface area contributed by atoms with Crippen molar-refractivity contribution >= 4 is 12.2 Å². The van der Waals surface area contributed by atoms with Gasteiger partial charge < -0.3 is 28.4 Å². The normalized spacial score (nSPS) is 27.7. The van der Waals surface area contributed by atoms with Gasteiger partial charge in [-0.05, 0) is 128 Å². The van der Waals surface area contributed by atoms with Crippen molar-refractivity contribution in [3.8, 4) is 34.5 Å². The van der Waals surface area contributed by atoms with Crippen LogP contribution in [0.3, 0.4) is 0 Å². The summed E-state index contributed by atoms with van der Waals surface area (Å²) < 4.78 is 37.0. The lowest BCUT2D eigenvalue weighted by atomic mass is 9.94. The number of allylic oxidation sites excluding steroid dienone is 6. The maximum Gasteiger partial charge on any atom is 0.164 e. The first kappa shape index (κ1) is 36.9. The van der Waals surface area contributed by atoms with Gasteiger partial charge >= 0.3 is 0 Å². The summed E-state index contributed by atoms with van der Waals surface area (Å²) in [7, 11) is 3.36. The molecule has 8 bridgehead atoms. The Morgan fingerprint density at radius 1 is 0.520 bits per heavy atom. The van der Waals surface area contributed by atoms with E-state index in [4.69, 9.17) is 28.4 Å². The maximum absolute atomic E-state index is 6.54. The summed E-state index contributed by atoms with van der Waals surface area (Å²) in [6.07, 6.45) is 25.4. The van der Waals surface area contributed by atoms with E-state index < -0.39 is 11.2 Å². The van der Waals surface area contributed by atoms with Gasteiger partial charge in [0.05, 0.1) is 14.2 Å². The molecule has 2 aromatic rings. The van der Waals surface area contributed by atoms with Gasteiger partial charge in [0.2, 0.25) is 0 Å². The Labute approximate surface area is 300 Å². The fraction of sp³-hybridized carbons (Fsp3) is 0.455. The third-order valence-electron chi connectivity index (χ3n) is 9.75. The molecule has 2 aromatic carbocycles. The Hall–Kier alpha value is -4.32. The summed E-state index contributed by atoms with van der Waals surface area (Å²) in [6.45, 7) is 14.0. The largest absolute Gasteiger partial charge is 0.493 e. The molecule has 0 aromatic heterocycles. The smallest absolute Gasteiger partial charge is 0.164 e. The summed E-state index contributed by atoms with van der Waals surface area (Å²) >= 11 is 0. The van der Waals surface area contributed by atoms with Crippen molar-refractivity contribution in [2.24, 2.45) is 0 Å². The van der Waals surface area contributed by atoms with Gasteiger partial charge in [0.1, 0.15) is 35.9 Å². The van der Waals surface area contributed by atoms with Gasteiger partial charge in [0, 0.05) is 23.3 Å². The Morgan fingerprint density at radius 3 is 1.32 bits per heavy atom. The molecule has 6 heteroatoms. The predicted octanol–water partition coefficient (Wildman–Crippen LogP) is 11.4. The van der Waals surface area contributed by atoms with E-state index in [2.05, 4.69) is 90.2 Å². The molecule has 10 heterocycles. The molecule has 6 nitrogen and oxygen atoms in total. The zero-order valence-corrected chi connectivity index (χ0v) is 31.4. The lowest BCUT2D eigenvalue weighted by Gasteiger charge is -2.32. The number of methoxy groups -OCH3 is 2. The van der Waals surface area contributed by atoms with Crippen LogP contribution in [-0.2, 0) is 0 Å². The molecule has 0 saturated carbocycles. The lowest BCUT2D eigenvalue weighted by Crippen LogP contribution is -2.31. The van der Waals surface area contributed by atoms with Crippen LogP contribution in [0.5, 0.6) is 34.5 Å². The maximum atomic E-state index is 6.54. The van der Waals surface area contributed by atoms with Crippen molar-refractivity contribution in [3.05, 3.63) is 94.1 Å². The van der Waals surface area contributed by atoms with Crippen molar-refractivity contribution in [1.82, 2.24) is 0 Å². The quantitative estimate of drug-likeness (QED) is 0.294. The van der Waals surface area contributed by atoms with Crippen molar-refractivity contribution in [2.75, 3.05) is 27.4 Å². The minimum atomic E-state index is -0.394. The molecule has 0 spiro atoms. The second kappa shape index (κ2) is 16.6. The van der Waals surface area contributed by atoms with Gasteiger partial charge in [0.25, 0.3) is 0 Å². The van der Waals surface area contributed by atoms with Crippen LogP contribution in [0.4, 0.5) is 0 Å². The van der Waals surface area contributed by atoms with Gasteiger partial charge in [0.15, 0.2) is 23.0 Å². The van der Waals surface area contributed by atoms with E-state index in [9.17, 15) is 0 Å². The van der Waals surface area contributed by atoms with E-state index in [-0.39, 0.29) is 0 Å². The molecule has 10 aliphatic rings. The fourth-order valence-corrected chi connectivity index (χ4v) is 6.48. The van der Waals surface area contributed by atoms with Crippen LogP contribution >= 0.6 is 0 Å². The van der Waals surface area contributed by atoms with Crippen LogP contribution in [0.2, 0.25) is 0 Å². The van der Waals surface area contributed by atoms with Crippen LogP contribution in [0.1, 0.15) is 104 Å². The van der Waals surface area contributed by atoms with E-state index in [0.717, 1.165) is 85.5 Å². The molecule has 0 N–H and O–H groups in total. The van der Waals surface area contributed by atoms with Crippen LogP contribution in [-0.4, -0.2) is 38.6 Å². The molecule has 12 rings (SSSR count). The molecule has 0 saturated heterocycles. The third-order valence-corrected chi connectivity index (χ3v) is 9.75. The average Bonchev–Trinajstić information content (AvgIpc) is 3.08. The van der Waals surface area contributed by atoms with Crippen molar-refractivity contribution in [2.45, 2.75) is 104 Å². The minimum Gasteiger partial charge on any atom is -0.493 e. The van der Waals surface area contributed by atoms with Crippen LogP contribution in [0.15, 0.2) is 83.0 Å². The monoisotopic (exact) mass is 680 g/mol. The van der Waals surface area contributed by atoms with Crippen molar-refractivity contribution in [1.29, 1.82) is 0 Å². The highest BCUT2D eigenvalue weighted by Crippen LogP contribution is 2.42. The Kier molecular flexibility index (Phi) is 12.3. The van der Waals surface area contributed by atoms with Gasteiger partial charge in [-0.2, -0.15) is 0 Å². The highest BCUT2D eigenvalue weighted by molar-refractivity contribution is 5.67. The molecule has 2 atom stereocenters. The van der Waals surface area contributed by atoms with E-state index in [1.165, 1.54) is 22.3 Å². The van der Waals surface area contributed by atoms with Crippen LogP contribution < -0.4 is 28.4 Å². The van der Waals surface area contributed by atoms with Gasteiger partial charge in [-0.15, -0.1) is 0 Å². The zero-order valence-electron chi connectivity index (χ0n) is 31.4. The molecule has 0 aliphatic carbocycles. The van der Waals surface area contributed by atoms with Crippen molar-refractivity contribution < 1.29 is 28.4 Å². The third kappa shape index (κ3) is 9.89. The summed E-state index contributed by atoms with van der Waals surface area (Å²) in [5.74, 6) is 4.45. The second-order valence-electron chi connectivity index (χ2n) is 14.5. The van der Waals surface area contributed by atoms with Crippen LogP contribution in [0.25, 0.3) is 12.2 Å². The molecular weight excluding hydrogens is 624 g/mol. The van der Waals surface area contributed by atoms with Gasteiger partial charge in [-0.3, -0.25) is 0 Å². The lowest BCUT2D eigenvalue weighted by molar-refractivity contribution is 0.127. The van der Waals surface area contributed by atoms with E-state index in [0.29, 0.717) is 24.7 Å². The second-order valence-corrected chi connectivity index (χ2v) is 14.5. The highest BCUT2D eigenvalue weighted by Gasteiger charge is 2.29. The first-order chi connectivity index (χ1) is 24.0. The Morgan fingerprint density at radius 2 is 0.920 bits per heavy atom. The molecule has 2 unspecified atom stereocenters. The number of ether oxygens (including phenoxy) is 6. The molecule has 0 fully saturated rings. The number of hydrogen-bond donors (Lipinski definition) is 0. The Balaban J connectivity index is 1.32. The summed E-state index contributed by atoms with van der Waals surface area (Å²) in [5, 5.41) is 0. The molecule has 10 aliphatic heterocycles. The summed E-state index contributed by atoms with van der Waals surface area (Å²) in [5.41, 5.74) is 6.34. The molecular formula is C44H56O6. The fourth-order valence-electron chi connectivity index (χ4n) is 6.48. The van der Waals surface area contributed by atoms with Gasteiger partial charge in [-0.25, -0.2) is 0 Å². The first-order valence-corrected chi connectivity index (χ1v) is 18.1. The topological polar surface area (TPSA) is 55.4 Å². The first-order valence-electron chi connectivity index (χ1n) is 18.1. The SMILES string of the molecule is COc1cc2c3cc1OC/C(C)=C/CC/C(C)=C/CCC1(C)C=Cc4cc(c(OC)cc4O1)OC/C(C)=C/CC/C(C)=C/CCC(C)(C=C3)O2. The molecule has 50 heavy (non-hydrogen) atoms. The molecule has 0 amide bonds. The average molecular weight is 681 g/mol. The number of rotatable bonds is 2. The summed E-state index contributed by atoms with van der Waals surface area (Å²) in [6, 6.07) is 7.96. The van der Waals surface area contributed by atoms with Crippen LogP contribution in [0, 0.1) is 0 Å². The summed E-state index contributed by atoms with van der Waals surface area (Å²) in [4.78, 5) is 0. The minimum absolute atomic E-state index is 0.394. The van der Waals surface area contributed by atoms with E-state index in [1.54, 1.807) is 14.2 Å². The number of hydrogen-bond acceptors (Lipinski definition) is 6. The van der Waals surface area contributed by atoms with Gasteiger partial charge in [-0.1, -0.05) is 47.6 Å². The highest BCUT2D eigenvalue weighted by atomic mass is 16.5. The zero-order chi connectivity index (χ0) is 35.7.